The Morgan fingerprint density at radius 1 is 1.11 bits per heavy atom. The number of hydrogen-bond acceptors (Lipinski definition) is 8. The maximum atomic E-state index is 6.18. The second kappa shape index (κ2) is 7.42. The van der Waals surface area contributed by atoms with Gasteiger partial charge >= 0.3 is 0 Å². The molecule has 9 heteroatoms. The molecule has 0 fully saturated rings. The Bertz CT molecular complexity index is 1080. The summed E-state index contributed by atoms with van der Waals surface area (Å²) in [6.45, 7) is 0.537. The van der Waals surface area contributed by atoms with Crippen LogP contribution < -0.4 is 14.8 Å². The Hall–Kier alpha value is -2.84. The number of hydrogen-bond donors (Lipinski definition) is 1. The molecule has 138 valence electrons. The minimum atomic E-state index is 0.452. The molecule has 1 aromatic carbocycles. The van der Waals surface area contributed by atoms with Crippen LogP contribution in [0.3, 0.4) is 0 Å². The van der Waals surface area contributed by atoms with Crippen molar-refractivity contribution in [3.05, 3.63) is 46.4 Å². The maximum Gasteiger partial charge on any atom is 0.204 e. The molecule has 27 heavy (non-hydrogen) atoms. The van der Waals surface area contributed by atoms with E-state index in [1.54, 1.807) is 26.5 Å². The fourth-order valence-electron chi connectivity index (χ4n) is 2.64. The molecule has 0 amide bonds. The molecule has 0 aliphatic carbocycles. The van der Waals surface area contributed by atoms with Crippen molar-refractivity contribution in [2.24, 2.45) is 0 Å². The van der Waals surface area contributed by atoms with E-state index in [0.29, 0.717) is 39.8 Å². The van der Waals surface area contributed by atoms with Gasteiger partial charge in [-0.3, -0.25) is 0 Å². The molecule has 0 bridgehead atoms. The Balaban J connectivity index is 1.67. The highest BCUT2D eigenvalue weighted by molar-refractivity contribution is 7.22. The number of nitrogens with zero attached hydrogens (tertiary/aromatic N) is 3. The van der Waals surface area contributed by atoms with Crippen LogP contribution in [0.15, 0.2) is 41.1 Å². The lowest BCUT2D eigenvalue weighted by Crippen LogP contribution is -2.04. The van der Waals surface area contributed by atoms with Gasteiger partial charge in [0.05, 0.1) is 30.1 Å². The van der Waals surface area contributed by atoms with E-state index < -0.39 is 0 Å². The lowest BCUT2D eigenvalue weighted by atomic mass is 10.2. The summed E-state index contributed by atoms with van der Waals surface area (Å²) in [5, 5.41) is 7.92. The summed E-state index contributed by atoms with van der Waals surface area (Å²) in [4.78, 5) is 9.88. The van der Waals surface area contributed by atoms with E-state index in [1.807, 2.05) is 24.3 Å². The fraction of sp³-hybridized carbons (Fsp3) is 0.167. The van der Waals surface area contributed by atoms with Crippen molar-refractivity contribution in [2.75, 3.05) is 19.5 Å². The maximum absolute atomic E-state index is 6.18. The minimum absolute atomic E-state index is 0.452. The zero-order valence-corrected chi connectivity index (χ0v) is 16.1. The van der Waals surface area contributed by atoms with Gasteiger partial charge in [-0.25, -0.2) is 9.97 Å². The number of fused-ring (bicyclic) bond motifs is 1. The Morgan fingerprint density at radius 3 is 2.70 bits per heavy atom. The standard InChI is InChI=1S/C18H15ClN4O3S/c1-24-12-4-3-10(7-14(12)25-2)9-20-16-11-8-15(19)27-18(11)23-17(22-16)13-5-6-21-26-13/h3-8H,9H2,1-2H3,(H,20,22,23). The van der Waals surface area contributed by atoms with Gasteiger partial charge in [0.1, 0.15) is 10.6 Å². The number of thiophene rings is 1. The van der Waals surface area contributed by atoms with Crippen molar-refractivity contribution in [1.82, 2.24) is 15.1 Å². The number of aromatic nitrogens is 3. The monoisotopic (exact) mass is 402 g/mol. The van der Waals surface area contributed by atoms with Gasteiger partial charge in [0.25, 0.3) is 0 Å². The normalized spacial score (nSPS) is 10.9. The van der Waals surface area contributed by atoms with Gasteiger partial charge in [-0.1, -0.05) is 22.8 Å². The van der Waals surface area contributed by atoms with Gasteiger partial charge in [0.15, 0.2) is 11.5 Å². The van der Waals surface area contributed by atoms with E-state index in [4.69, 9.17) is 25.6 Å². The van der Waals surface area contributed by atoms with Crippen LogP contribution in [0.4, 0.5) is 5.82 Å². The van der Waals surface area contributed by atoms with Crippen molar-refractivity contribution in [3.8, 4) is 23.1 Å². The number of ether oxygens (including phenoxy) is 2. The number of methoxy groups -OCH3 is 2. The molecule has 0 saturated heterocycles. The van der Waals surface area contributed by atoms with E-state index in [-0.39, 0.29) is 0 Å². The van der Waals surface area contributed by atoms with Gasteiger partial charge in [0.2, 0.25) is 11.6 Å². The van der Waals surface area contributed by atoms with Crippen LogP contribution in [0.2, 0.25) is 4.34 Å². The number of anilines is 1. The molecule has 0 aliphatic heterocycles. The fourth-order valence-corrected chi connectivity index (χ4v) is 3.73. The highest BCUT2D eigenvalue weighted by Crippen LogP contribution is 2.34. The second-order valence-electron chi connectivity index (χ2n) is 5.58. The van der Waals surface area contributed by atoms with Crippen molar-refractivity contribution < 1.29 is 14.0 Å². The molecule has 7 nitrogen and oxygen atoms in total. The van der Waals surface area contributed by atoms with E-state index in [0.717, 1.165) is 15.8 Å². The summed E-state index contributed by atoms with van der Waals surface area (Å²) >= 11 is 7.57. The van der Waals surface area contributed by atoms with E-state index in [2.05, 4.69) is 20.4 Å². The van der Waals surface area contributed by atoms with Gasteiger partial charge in [-0.2, -0.15) is 0 Å². The Labute approximate surface area is 163 Å². The number of nitrogens with one attached hydrogen (secondary N) is 1. The highest BCUT2D eigenvalue weighted by Gasteiger charge is 2.15. The molecule has 0 aliphatic rings. The lowest BCUT2D eigenvalue weighted by Gasteiger charge is -2.11. The van der Waals surface area contributed by atoms with Gasteiger partial charge < -0.3 is 19.3 Å². The lowest BCUT2D eigenvalue weighted by molar-refractivity contribution is 0.354. The van der Waals surface area contributed by atoms with E-state index in [9.17, 15) is 0 Å². The third kappa shape index (κ3) is 3.54. The smallest absolute Gasteiger partial charge is 0.204 e. The number of benzene rings is 1. The van der Waals surface area contributed by atoms with Gasteiger partial charge in [-0.05, 0) is 23.8 Å². The average molecular weight is 403 g/mol. The van der Waals surface area contributed by atoms with Crippen molar-refractivity contribution in [2.45, 2.75) is 6.54 Å². The molecular weight excluding hydrogens is 388 g/mol. The first-order valence-corrected chi connectivity index (χ1v) is 9.20. The Kier molecular flexibility index (Phi) is 4.83. The molecule has 0 atom stereocenters. The molecular formula is C18H15ClN4O3S. The molecule has 1 N–H and O–H groups in total. The Morgan fingerprint density at radius 2 is 1.96 bits per heavy atom. The second-order valence-corrected chi connectivity index (χ2v) is 7.25. The van der Waals surface area contributed by atoms with Crippen molar-refractivity contribution >= 4 is 39.0 Å². The molecule has 3 aromatic heterocycles. The molecule has 3 heterocycles. The van der Waals surface area contributed by atoms with Crippen LogP contribution in [0.5, 0.6) is 11.5 Å². The topological polar surface area (TPSA) is 82.3 Å². The highest BCUT2D eigenvalue weighted by atomic mass is 35.5. The van der Waals surface area contributed by atoms with Gasteiger partial charge in [-0.15, -0.1) is 11.3 Å². The van der Waals surface area contributed by atoms with Crippen molar-refractivity contribution in [1.29, 1.82) is 0 Å². The summed E-state index contributed by atoms with van der Waals surface area (Å²) in [6.07, 6.45) is 1.56. The zero-order chi connectivity index (χ0) is 18.8. The van der Waals surface area contributed by atoms with Crippen LogP contribution >= 0.6 is 22.9 Å². The first-order valence-electron chi connectivity index (χ1n) is 8.01. The molecule has 0 spiro atoms. The van der Waals surface area contributed by atoms with Crippen molar-refractivity contribution in [3.63, 3.8) is 0 Å². The summed E-state index contributed by atoms with van der Waals surface area (Å²) in [5.74, 6) is 2.97. The van der Waals surface area contributed by atoms with Crippen LogP contribution in [0.1, 0.15) is 5.56 Å². The third-order valence-electron chi connectivity index (χ3n) is 3.93. The van der Waals surface area contributed by atoms with Gasteiger partial charge in [0, 0.05) is 12.6 Å². The largest absolute Gasteiger partial charge is 0.493 e. The molecule has 0 unspecified atom stereocenters. The summed E-state index contributed by atoms with van der Waals surface area (Å²) in [6, 6.07) is 9.32. The predicted molar refractivity (Wildman–Crippen MR) is 105 cm³/mol. The first kappa shape index (κ1) is 17.6. The molecule has 0 radical (unpaired) electrons. The SMILES string of the molecule is COc1ccc(CNc2nc(-c3ccno3)nc3sc(Cl)cc23)cc1OC. The van der Waals surface area contributed by atoms with E-state index >= 15 is 0 Å². The van der Waals surface area contributed by atoms with Crippen LogP contribution in [0, 0.1) is 0 Å². The average Bonchev–Trinajstić information content (AvgIpc) is 3.34. The van der Waals surface area contributed by atoms with Crippen LogP contribution in [0.25, 0.3) is 21.8 Å². The quantitative estimate of drug-likeness (QED) is 0.503. The third-order valence-corrected chi connectivity index (χ3v) is 5.09. The minimum Gasteiger partial charge on any atom is -0.493 e. The molecule has 4 rings (SSSR count). The summed E-state index contributed by atoms with van der Waals surface area (Å²) in [5.41, 5.74) is 1.02. The molecule has 0 saturated carbocycles. The van der Waals surface area contributed by atoms with Crippen LogP contribution in [-0.2, 0) is 6.54 Å². The molecule has 4 aromatic rings. The number of rotatable bonds is 6. The predicted octanol–water partition coefficient (Wildman–Crippen LogP) is 4.63. The van der Waals surface area contributed by atoms with Crippen LogP contribution in [-0.4, -0.2) is 29.3 Å². The summed E-state index contributed by atoms with van der Waals surface area (Å²) in [7, 11) is 3.22. The number of halogens is 1. The zero-order valence-electron chi connectivity index (χ0n) is 14.5. The first-order chi connectivity index (χ1) is 13.2. The van der Waals surface area contributed by atoms with E-state index in [1.165, 1.54) is 11.3 Å². The summed E-state index contributed by atoms with van der Waals surface area (Å²) < 4.78 is 16.5.